The van der Waals surface area contributed by atoms with Gasteiger partial charge in [-0.2, -0.15) is 0 Å². The van der Waals surface area contributed by atoms with Crippen LogP contribution >= 0.6 is 0 Å². The van der Waals surface area contributed by atoms with E-state index in [0.717, 1.165) is 17.8 Å². The molecule has 0 fully saturated rings. The first-order valence-electron chi connectivity index (χ1n) is 8.19. The predicted octanol–water partition coefficient (Wildman–Crippen LogP) is 2.34. The van der Waals surface area contributed by atoms with E-state index < -0.39 is 0 Å². The summed E-state index contributed by atoms with van der Waals surface area (Å²) in [5.41, 5.74) is 2.63. The van der Waals surface area contributed by atoms with Crippen LogP contribution in [-0.2, 0) is 13.1 Å². The van der Waals surface area contributed by atoms with Crippen molar-refractivity contribution in [1.82, 2.24) is 24.5 Å². The first-order valence-corrected chi connectivity index (χ1v) is 8.19. The smallest absolute Gasteiger partial charge is 0.276 e. The van der Waals surface area contributed by atoms with Gasteiger partial charge in [0.1, 0.15) is 0 Å². The maximum Gasteiger partial charge on any atom is 0.276 e. The van der Waals surface area contributed by atoms with Crippen molar-refractivity contribution in [2.24, 2.45) is 0 Å². The van der Waals surface area contributed by atoms with E-state index in [1.54, 1.807) is 10.9 Å². The fourth-order valence-electron chi connectivity index (χ4n) is 3.29. The second kappa shape index (κ2) is 5.96. The van der Waals surface area contributed by atoms with Gasteiger partial charge in [0.05, 0.1) is 12.2 Å². The summed E-state index contributed by atoms with van der Waals surface area (Å²) in [6.45, 7) is 4.12. The molecule has 1 aliphatic rings. The van der Waals surface area contributed by atoms with E-state index in [4.69, 9.17) is 0 Å². The molecular formula is C18H19N5O. The molecule has 0 aliphatic carbocycles. The van der Waals surface area contributed by atoms with Crippen LogP contribution < -0.4 is 0 Å². The molecule has 3 aromatic rings. The van der Waals surface area contributed by atoms with E-state index in [2.05, 4.69) is 39.3 Å². The number of carbonyl (C=O) groups is 1. The highest BCUT2D eigenvalue weighted by molar-refractivity contribution is 5.92. The summed E-state index contributed by atoms with van der Waals surface area (Å²) in [7, 11) is 0. The van der Waals surface area contributed by atoms with E-state index in [0.29, 0.717) is 18.8 Å². The number of hydrogen-bond acceptors (Lipinski definition) is 3. The van der Waals surface area contributed by atoms with Crippen LogP contribution in [0.15, 0.2) is 54.9 Å². The summed E-state index contributed by atoms with van der Waals surface area (Å²) in [5.74, 6) is -0.0731. The summed E-state index contributed by atoms with van der Waals surface area (Å²) in [4.78, 5) is 14.9. The molecule has 0 spiro atoms. The molecule has 0 radical (unpaired) electrons. The van der Waals surface area contributed by atoms with Crippen molar-refractivity contribution >= 4 is 5.91 Å². The Bertz CT molecular complexity index is 851. The first-order chi connectivity index (χ1) is 11.8. The molecular weight excluding hydrogens is 302 g/mol. The Morgan fingerprint density at radius 3 is 2.75 bits per heavy atom. The minimum absolute atomic E-state index is 0.0731. The lowest BCUT2D eigenvalue weighted by Gasteiger charge is -2.37. The number of benzene rings is 1. The Balaban J connectivity index is 1.75. The number of hydrogen-bond donors (Lipinski definition) is 0. The quantitative estimate of drug-likeness (QED) is 0.744. The lowest BCUT2D eigenvalue weighted by molar-refractivity contribution is 0.0658. The number of aryl methyl sites for hydroxylation is 1. The molecule has 1 amide bonds. The van der Waals surface area contributed by atoms with Gasteiger partial charge in [0.2, 0.25) is 0 Å². The standard InChI is InChI=1S/C18H19N5O/c1-2-22-13-15(19-20-22)18(24)23-12-11-21-10-6-9-16(21)17(23)14-7-4-3-5-8-14/h3-10,13,17H,2,11-12H2,1H3. The minimum atomic E-state index is -0.103. The fourth-order valence-corrected chi connectivity index (χ4v) is 3.29. The van der Waals surface area contributed by atoms with Crippen LogP contribution in [0.25, 0.3) is 0 Å². The fraction of sp³-hybridized carbons (Fsp3) is 0.278. The van der Waals surface area contributed by atoms with Gasteiger partial charge >= 0.3 is 0 Å². The van der Waals surface area contributed by atoms with Crippen molar-refractivity contribution in [2.45, 2.75) is 26.1 Å². The highest BCUT2D eigenvalue weighted by Gasteiger charge is 2.33. The molecule has 4 rings (SSSR count). The largest absolute Gasteiger partial charge is 0.348 e. The number of aromatic nitrogens is 4. The Hall–Kier alpha value is -2.89. The number of rotatable bonds is 3. The molecule has 0 saturated heterocycles. The van der Waals surface area contributed by atoms with E-state index >= 15 is 0 Å². The lowest BCUT2D eigenvalue weighted by atomic mass is 9.99. The van der Waals surface area contributed by atoms with Crippen LogP contribution in [0, 0.1) is 0 Å². The molecule has 0 N–H and O–H groups in total. The Labute approximate surface area is 140 Å². The van der Waals surface area contributed by atoms with Crippen LogP contribution in [0.4, 0.5) is 0 Å². The number of carbonyl (C=O) groups excluding carboxylic acids is 1. The van der Waals surface area contributed by atoms with Gasteiger partial charge in [-0.1, -0.05) is 35.5 Å². The van der Waals surface area contributed by atoms with Crippen LogP contribution in [0.3, 0.4) is 0 Å². The van der Waals surface area contributed by atoms with Crippen molar-refractivity contribution in [3.05, 3.63) is 71.8 Å². The van der Waals surface area contributed by atoms with Crippen molar-refractivity contribution in [1.29, 1.82) is 0 Å². The van der Waals surface area contributed by atoms with Gasteiger partial charge in [-0.3, -0.25) is 9.48 Å². The average molecular weight is 321 g/mol. The Kier molecular flexibility index (Phi) is 3.65. The molecule has 0 saturated carbocycles. The number of amides is 1. The molecule has 1 aliphatic heterocycles. The van der Waals surface area contributed by atoms with E-state index in [9.17, 15) is 4.79 Å². The normalized spacial score (nSPS) is 16.9. The molecule has 0 bridgehead atoms. The van der Waals surface area contributed by atoms with Crippen molar-refractivity contribution in [3.63, 3.8) is 0 Å². The molecule has 1 atom stereocenters. The summed E-state index contributed by atoms with van der Waals surface area (Å²) in [6, 6.07) is 14.2. The highest BCUT2D eigenvalue weighted by atomic mass is 16.2. The Morgan fingerprint density at radius 2 is 2.00 bits per heavy atom. The van der Waals surface area contributed by atoms with Gasteiger partial charge in [0.15, 0.2) is 5.69 Å². The predicted molar refractivity (Wildman–Crippen MR) is 89.4 cm³/mol. The molecule has 6 nitrogen and oxygen atoms in total. The summed E-state index contributed by atoms with van der Waals surface area (Å²) >= 11 is 0. The van der Waals surface area contributed by atoms with Gasteiger partial charge in [0.25, 0.3) is 5.91 Å². The Morgan fingerprint density at radius 1 is 1.17 bits per heavy atom. The molecule has 1 unspecified atom stereocenters. The van der Waals surface area contributed by atoms with E-state index in [1.807, 2.05) is 36.1 Å². The zero-order valence-corrected chi connectivity index (χ0v) is 13.5. The van der Waals surface area contributed by atoms with Gasteiger partial charge in [0, 0.05) is 31.5 Å². The van der Waals surface area contributed by atoms with Crippen molar-refractivity contribution in [2.75, 3.05) is 6.54 Å². The molecule has 24 heavy (non-hydrogen) atoms. The zero-order valence-electron chi connectivity index (χ0n) is 13.5. The van der Waals surface area contributed by atoms with Crippen molar-refractivity contribution < 1.29 is 4.79 Å². The maximum atomic E-state index is 13.0. The zero-order chi connectivity index (χ0) is 16.5. The van der Waals surface area contributed by atoms with Gasteiger partial charge in [-0.15, -0.1) is 5.10 Å². The second-order valence-corrected chi connectivity index (χ2v) is 5.90. The topological polar surface area (TPSA) is 56.0 Å². The third kappa shape index (κ3) is 2.40. The molecule has 122 valence electrons. The second-order valence-electron chi connectivity index (χ2n) is 5.90. The van der Waals surface area contributed by atoms with Gasteiger partial charge in [-0.05, 0) is 24.6 Å². The first kappa shape index (κ1) is 14.7. The van der Waals surface area contributed by atoms with Crippen molar-refractivity contribution in [3.8, 4) is 0 Å². The van der Waals surface area contributed by atoms with E-state index in [1.165, 1.54) is 0 Å². The van der Waals surface area contributed by atoms with Crippen LogP contribution in [0.5, 0.6) is 0 Å². The maximum absolute atomic E-state index is 13.0. The summed E-state index contributed by atoms with van der Waals surface area (Å²) in [5, 5.41) is 8.05. The molecule has 6 heteroatoms. The minimum Gasteiger partial charge on any atom is -0.348 e. The summed E-state index contributed by atoms with van der Waals surface area (Å²) in [6.07, 6.45) is 3.79. The number of fused-ring (bicyclic) bond motifs is 1. The highest BCUT2D eigenvalue weighted by Crippen LogP contribution is 2.33. The van der Waals surface area contributed by atoms with Crippen LogP contribution in [-0.4, -0.2) is 36.9 Å². The third-order valence-corrected chi connectivity index (χ3v) is 4.50. The third-order valence-electron chi connectivity index (χ3n) is 4.50. The molecule has 3 heterocycles. The van der Waals surface area contributed by atoms with Gasteiger partial charge in [-0.25, -0.2) is 0 Å². The number of nitrogens with zero attached hydrogens (tertiary/aromatic N) is 5. The van der Waals surface area contributed by atoms with E-state index in [-0.39, 0.29) is 11.9 Å². The lowest BCUT2D eigenvalue weighted by Crippen LogP contribution is -2.42. The monoisotopic (exact) mass is 321 g/mol. The van der Waals surface area contributed by atoms with Gasteiger partial charge < -0.3 is 9.47 Å². The molecule has 2 aromatic heterocycles. The van der Waals surface area contributed by atoms with Crippen LogP contribution in [0.1, 0.15) is 34.7 Å². The van der Waals surface area contributed by atoms with Crippen LogP contribution in [0.2, 0.25) is 0 Å². The SMILES string of the molecule is CCn1cc(C(=O)N2CCn3cccc3C2c2ccccc2)nn1. The average Bonchev–Trinajstić information content (AvgIpc) is 3.30. The summed E-state index contributed by atoms with van der Waals surface area (Å²) < 4.78 is 3.89. The molecule has 1 aromatic carbocycles.